The van der Waals surface area contributed by atoms with E-state index in [9.17, 15) is 18.0 Å². The van der Waals surface area contributed by atoms with Crippen LogP contribution in [0.2, 0.25) is 0 Å². The van der Waals surface area contributed by atoms with Crippen molar-refractivity contribution in [2.45, 2.75) is 25.1 Å². The maximum Gasteiger partial charge on any atom is 0.416 e. The summed E-state index contributed by atoms with van der Waals surface area (Å²) in [6.07, 6.45) is -2.16. The Morgan fingerprint density at radius 2 is 1.62 bits per heavy atom. The van der Waals surface area contributed by atoms with E-state index in [1.807, 2.05) is 19.0 Å². The average Bonchev–Trinajstić information content (AvgIpc) is 3.22. The van der Waals surface area contributed by atoms with Gasteiger partial charge in [-0.1, -0.05) is 12.1 Å². The van der Waals surface area contributed by atoms with Gasteiger partial charge in [-0.3, -0.25) is 9.69 Å². The molecular formula is C22H26F3N3O. The Morgan fingerprint density at radius 3 is 2.14 bits per heavy atom. The molecule has 0 spiro atoms. The monoisotopic (exact) mass is 405 g/mol. The quantitative estimate of drug-likeness (QED) is 0.777. The molecule has 2 aromatic rings. The fourth-order valence-corrected chi connectivity index (χ4v) is 3.61. The maximum absolute atomic E-state index is 12.7. The van der Waals surface area contributed by atoms with Crippen LogP contribution in [0.1, 0.15) is 40.4 Å². The zero-order chi connectivity index (χ0) is 21.0. The third-order valence-corrected chi connectivity index (χ3v) is 5.31. The average molecular weight is 405 g/mol. The molecule has 0 radical (unpaired) electrons. The molecule has 4 nitrogen and oxygen atoms in total. The second-order valence-corrected chi connectivity index (χ2v) is 7.53. The standard InChI is InChI=1S/C22H26F3N3O/c1-27(2)19-11-7-16(8-12-19)20(28-13-3-4-14-28)15-26-21(29)17-5-9-18(10-6-17)22(23,24)25/h5-12,20H,3-4,13-15H2,1-2H3,(H,26,29). The first-order valence-electron chi connectivity index (χ1n) is 9.72. The van der Waals surface area contributed by atoms with Crippen LogP contribution in [-0.4, -0.2) is 44.5 Å². The molecule has 1 atom stereocenters. The first-order chi connectivity index (χ1) is 13.8. The Bertz CT molecular complexity index is 811. The molecule has 7 heteroatoms. The van der Waals surface area contributed by atoms with Gasteiger partial charge in [0.2, 0.25) is 0 Å². The zero-order valence-electron chi connectivity index (χ0n) is 16.7. The van der Waals surface area contributed by atoms with E-state index in [2.05, 4.69) is 34.5 Å². The van der Waals surface area contributed by atoms with E-state index in [1.165, 1.54) is 12.1 Å². The smallest absolute Gasteiger partial charge is 0.378 e. The van der Waals surface area contributed by atoms with Crippen molar-refractivity contribution in [1.29, 1.82) is 0 Å². The van der Waals surface area contributed by atoms with Crippen molar-refractivity contribution in [3.05, 3.63) is 65.2 Å². The van der Waals surface area contributed by atoms with Gasteiger partial charge in [0.05, 0.1) is 11.6 Å². The van der Waals surface area contributed by atoms with Crippen LogP contribution < -0.4 is 10.2 Å². The van der Waals surface area contributed by atoms with E-state index < -0.39 is 11.7 Å². The van der Waals surface area contributed by atoms with Crippen molar-refractivity contribution in [1.82, 2.24) is 10.2 Å². The molecule has 1 heterocycles. The van der Waals surface area contributed by atoms with Crippen molar-refractivity contribution in [2.75, 3.05) is 38.6 Å². The van der Waals surface area contributed by atoms with Gasteiger partial charge in [-0.25, -0.2) is 0 Å². The number of benzene rings is 2. The van der Waals surface area contributed by atoms with Gasteiger partial charge in [0.25, 0.3) is 5.91 Å². The molecule has 1 fully saturated rings. The second kappa shape index (κ2) is 8.86. The number of carbonyl (C=O) groups is 1. The first-order valence-corrected chi connectivity index (χ1v) is 9.72. The van der Waals surface area contributed by atoms with Gasteiger partial charge < -0.3 is 10.2 Å². The third kappa shape index (κ3) is 5.29. The molecule has 156 valence electrons. The molecule has 1 aliphatic rings. The molecule has 1 amide bonds. The molecule has 29 heavy (non-hydrogen) atoms. The van der Waals surface area contributed by atoms with Crippen LogP contribution in [0.4, 0.5) is 18.9 Å². The molecule has 3 rings (SSSR count). The third-order valence-electron chi connectivity index (χ3n) is 5.31. The highest BCUT2D eigenvalue weighted by Crippen LogP contribution is 2.29. The number of alkyl halides is 3. The fourth-order valence-electron chi connectivity index (χ4n) is 3.61. The van der Waals surface area contributed by atoms with Gasteiger partial charge in [0.1, 0.15) is 0 Å². The van der Waals surface area contributed by atoms with E-state index in [0.29, 0.717) is 6.54 Å². The minimum absolute atomic E-state index is 0.0344. The molecule has 1 unspecified atom stereocenters. The Morgan fingerprint density at radius 1 is 1.03 bits per heavy atom. The maximum atomic E-state index is 12.7. The van der Waals surface area contributed by atoms with Crippen LogP contribution in [0.3, 0.4) is 0 Å². The lowest BCUT2D eigenvalue weighted by Crippen LogP contribution is -2.36. The number of hydrogen-bond acceptors (Lipinski definition) is 3. The summed E-state index contributed by atoms with van der Waals surface area (Å²) in [5, 5.41) is 2.90. The summed E-state index contributed by atoms with van der Waals surface area (Å²) in [4.78, 5) is 16.9. The predicted molar refractivity (Wildman–Crippen MR) is 108 cm³/mol. The molecule has 2 aromatic carbocycles. The largest absolute Gasteiger partial charge is 0.416 e. The number of anilines is 1. The van der Waals surface area contributed by atoms with Crippen molar-refractivity contribution in [3.8, 4) is 0 Å². The summed E-state index contributed by atoms with van der Waals surface area (Å²) in [5.41, 5.74) is 1.68. The Labute approximate surface area is 169 Å². The molecule has 0 bridgehead atoms. The minimum Gasteiger partial charge on any atom is -0.378 e. The Kier molecular flexibility index (Phi) is 6.47. The normalized spacial score (nSPS) is 15.9. The van der Waals surface area contributed by atoms with Crippen LogP contribution in [0.15, 0.2) is 48.5 Å². The summed E-state index contributed by atoms with van der Waals surface area (Å²) in [7, 11) is 3.97. The van der Waals surface area contributed by atoms with Crippen molar-refractivity contribution in [2.24, 2.45) is 0 Å². The topological polar surface area (TPSA) is 35.6 Å². The van der Waals surface area contributed by atoms with Gasteiger partial charge in [-0.05, 0) is 67.9 Å². The highest BCUT2D eigenvalue weighted by molar-refractivity contribution is 5.94. The van der Waals surface area contributed by atoms with E-state index in [0.717, 1.165) is 49.3 Å². The van der Waals surface area contributed by atoms with Gasteiger partial charge >= 0.3 is 6.18 Å². The molecule has 0 saturated carbocycles. The molecule has 1 saturated heterocycles. The molecule has 1 N–H and O–H groups in total. The van der Waals surface area contributed by atoms with E-state index in [-0.39, 0.29) is 17.5 Å². The molecule has 1 aliphatic heterocycles. The Balaban J connectivity index is 1.70. The summed E-state index contributed by atoms with van der Waals surface area (Å²) < 4.78 is 38.1. The van der Waals surface area contributed by atoms with E-state index >= 15 is 0 Å². The number of rotatable bonds is 6. The van der Waals surface area contributed by atoms with Gasteiger partial charge in [-0.2, -0.15) is 13.2 Å². The minimum atomic E-state index is -4.41. The van der Waals surface area contributed by atoms with Gasteiger partial charge in [0, 0.05) is 31.9 Å². The number of hydrogen-bond donors (Lipinski definition) is 1. The summed E-state index contributed by atoms with van der Waals surface area (Å²) in [6.45, 7) is 2.34. The van der Waals surface area contributed by atoms with Crippen molar-refractivity contribution < 1.29 is 18.0 Å². The molecular weight excluding hydrogens is 379 g/mol. The fraction of sp³-hybridized carbons (Fsp3) is 0.409. The van der Waals surface area contributed by atoms with Crippen LogP contribution in [-0.2, 0) is 6.18 Å². The summed E-state index contributed by atoms with van der Waals surface area (Å²) in [5.74, 6) is -0.368. The molecule has 0 aliphatic carbocycles. The van der Waals surface area contributed by atoms with Crippen LogP contribution >= 0.6 is 0 Å². The Hall–Kier alpha value is -2.54. The second-order valence-electron chi connectivity index (χ2n) is 7.53. The number of amides is 1. The number of carbonyl (C=O) groups excluding carboxylic acids is 1. The summed E-state index contributed by atoms with van der Waals surface area (Å²) >= 11 is 0. The lowest BCUT2D eigenvalue weighted by atomic mass is 10.0. The number of likely N-dealkylation sites (tertiary alicyclic amines) is 1. The predicted octanol–water partition coefficient (Wildman–Crippen LogP) is 4.34. The molecule has 0 aromatic heterocycles. The lowest BCUT2D eigenvalue weighted by Gasteiger charge is -2.28. The number of nitrogens with one attached hydrogen (secondary N) is 1. The van der Waals surface area contributed by atoms with Crippen molar-refractivity contribution >= 4 is 11.6 Å². The number of nitrogens with zero attached hydrogens (tertiary/aromatic N) is 2. The van der Waals surface area contributed by atoms with Crippen LogP contribution in [0, 0.1) is 0 Å². The van der Waals surface area contributed by atoms with Gasteiger partial charge in [-0.15, -0.1) is 0 Å². The van der Waals surface area contributed by atoms with Crippen LogP contribution in [0.5, 0.6) is 0 Å². The highest BCUT2D eigenvalue weighted by Gasteiger charge is 2.30. The summed E-state index contributed by atoms with van der Waals surface area (Å²) in [6, 6.07) is 12.6. The van der Waals surface area contributed by atoms with Crippen molar-refractivity contribution in [3.63, 3.8) is 0 Å². The lowest BCUT2D eigenvalue weighted by molar-refractivity contribution is -0.137. The van der Waals surface area contributed by atoms with Gasteiger partial charge in [0.15, 0.2) is 0 Å². The number of halogens is 3. The van der Waals surface area contributed by atoms with E-state index in [4.69, 9.17) is 0 Å². The SMILES string of the molecule is CN(C)c1ccc(C(CNC(=O)c2ccc(C(F)(F)F)cc2)N2CCCC2)cc1. The first kappa shape index (κ1) is 21.2. The zero-order valence-corrected chi connectivity index (χ0v) is 16.7. The highest BCUT2D eigenvalue weighted by atomic mass is 19.4. The van der Waals surface area contributed by atoms with E-state index in [1.54, 1.807) is 0 Å². The van der Waals surface area contributed by atoms with Crippen LogP contribution in [0.25, 0.3) is 0 Å².